The number of hydrogen-bond donors (Lipinski definition) is 2. The number of hydrogen-bond acceptors (Lipinski definition) is 4. The second-order valence-electron chi connectivity index (χ2n) is 3.89. The van der Waals surface area contributed by atoms with E-state index in [1.807, 2.05) is 0 Å². The van der Waals surface area contributed by atoms with Crippen molar-refractivity contribution in [3.63, 3.8) is 0 Å². The molecule has 0 spiro atoms. The molecule has 0 saturated heterocycles. The van der Waals surface area contributed by atoms with Gasteiger partial charge in [0.05, 0.1) is 11.0 Å². The molecule has 0 aliphatic carbocycles. The molecule has 0 radical (unpaired) electrons. The molecule has 0 aliphatic rings. The number of nitro groups is 1. The third-order valence-electron chi connectivity index (χ3n) is 2.25. The van der Waals surface area contributed by atoms with Gasteiger partial charge in [-0.2, -0.15) is 0 Å². The lowest BCUT2D eigenvalue weighted by molar-refractivity contribution is -0.386. The first-order valence-corrected chi connectivity index (χ1v) is 4.89. The molecular formula is C11H13FN2O3. The standard InChI is InChI=1S/C11H13FN2O3/c1-6(2)3-9(13)8-4-7(12)5-10(11(8)15)14(16)17/h4-5,9,15H,1,3,13H2,2H3/t9-/m0/s1. The van der Waals surface area contributed by atoms with Gasteiger partial charge >= 0.3 is 5.69 Å². The fraction of sp³-hybridized carbons (Fsp3) is 0.273. The third-order valence-corrected chi connectivity index (χ3v) is 2.25. The summed E-state index contributed by atoms with van der Waals surface area (Å²) in [5.74, 6) is -1.40. The van der Waals surface area contributed by atoms with Crippen LogP contribution in [0.15, 0.2) is 24.3 Å². The fourth-order valence-electron chi connectivity index (χ4n) is 1.51. The monoisotopic (exact) mass is 240 g/mol. The minimum atomic E-state index is -0.852. The molecule has 1 aromatic carbocycles. The average Bonchev–Trinajstić information content (AvgIpc) is 2.19. The molecule has 1 aromatic rings. The zero-order chi connectivity index (χ0) is 13.2. The second kappa shape index (κ2) is 4.92. The highest BCUT2D eigenvalue weighted by molar-refractivity contribution is 5.52. The van der Waals surface area contributed by atoms with Crippen LogP contribution in [-0.2, 0) is 0 Å². The van der Waals surface area contributed by atoms with Crippen molar-refractivity contribution in [2.45, 2.75) is 19.4 Å². The highest BCUT2D eigenvalue weighted by Crippen LogP contribution is 2.35. The summed E-state index contributed by atoms with van der Waals surface area (Å²) in [6, 6.07) is 0.935. The van der Waals surface area contributed by atoms with E-state index < -0.39 is 28.2 Å². The van der Waals surface area contributed by atoms with E-state index in [9.17, 15) is 19.6 Å². The average molecular weight is 240 g/mol. The van der Waals surface area contributed by atoms with Crippen molar-refractivity contribution in [1.82, 2.24) is 0 Å². The molecular weight excluding hydrogens is 227 g/mol. The highest BCUT2D eigenvalue weighted by Gasteiger charge is 2.22. The van der Waals surface area contributed by atoms with Crippen LogP contribution < -0.4 is 5.73 Å². The van der Waals surface area contributed by atoms with Gasteiger partial charge in [0.2, 0.25) is 0 Å². The molecule has 3 N–H and O–H groups in total. The second-order valence-corrected chi connectivity index (χ2v) is 3.89. The zero-order valence-electron chi connectivity index (χ0n) is 9.31. The van der Waals surface area contributed by atoms with Crippen molar-refractivity contribution in [2.75, 3.05) is 0 Å². The minimum Gasteiger partial charge on any atom is -0.502 e. The van der Waals surface area contributed by atoms with E-state index in [2.05, 4.69) is 6.58 Å². The largest absolute Gasteiger partial charge is 0.502 e. The normalized spacial score (nSPS) is 12.2. The number of nitrogens with two attached hydrogens (primary N) is 1. The van der Waals surface area contributed by atoms with Gasteiger partial charge in [0.1, 0.15) is 5.82 Å². The maximum Gasteiger partial charge on any atom is 0.313 e. The Labute approximate surface area is 97.5 Å². The van der Waals surface area contributed by atoms with E-state index in [0.29, 0.717) is 12.5 Å². The minimum absolute atomic E-state index is 0.0136. The first kappa shape index (κ1) is 13.1. The predicted octanol–water partition coefficient (Wildman–Crippen LogP) is 2.41. The smallest absolute Gasteiger partial charge is 0.313 e. The third kappa shape index (κ3) is 3.01. The molecule has 0 heterocycles. The van der Waals surface area contributed by atoms with Crippen molar-refractivity contribution in [1.29, 1.82) is 0 Å². The number of phenolic OH excluding ortho intramolecular Hbond substituents is 1. The first-order chi connectivity index (χ1) is 7.82. The number of nitro benzene ring substituents is 1. The van der Waals surface area contributed by atoms with E-state index in [-0.39, 0.29) is 5.56 Å². The maximum absolute atomic E-state index is 13.2. The topological polar surface area (TPSA) is 89.4 Å². The van der Waals surface area contributed by atoms with Gasteiger partial charge < -0.3 is 10.8 Å². The molecule has 0 unspecified atom stereocenters. The maximum atomic E-state index is 13.2. The molecule has 6 heteroatoms. The molecule has 0 fully saturated rings. The van der Waals surface area contributed by atoms with Gasteiger partial charge in [-0.15, -0.1) is 6.58 Å². The SMILES string of the molecule is C=C(C)C[C@H](N)c1cc(F)cc([N+](=O)[O-])c1O. The van der Waals surface area contributed by atoms with Gasteiger partial charge in [-0.05, 0) is 19.4 Å². The Balaban J connectivity index is 3.24. The lowest BCUT2D eigenvalue weighted by Gasteiger charge is -2.13. The van der Waals surface area contributed by atoms with E-state index >= 15 is 0 Å². The van der Waals surface area contributed by atoms with Gasteiger partial charge in [0.25, 0.3) is 0 Å². The molecule has 92 valence electrons. The van der Waals surface area contributed by atoms with Crippen LogP contribution >= 0.6 is 0 Å². The van der Waals surface area contributed by atoms with Gasteiger partial charge in [-0.1, -0.05) is 5.57 Å². The van der Waals surface area contributed by atoms with E-state index in [1.165, 1.54) is 0 Å². The summed E-state index contributed by atoms with van der Waals surface area (Å²) in [6.07, 6.45) is 0.314. The summed E-state index contributed by atoms with van der Waals surface area (Å²) in [6.45, 7) is 5.37. The summed E-state index contributed by atoms with van der Waals surface area (Å²) in [5, 5.41) is 20.2. The molecule has 0 saturated carbocycles. The van der Waals surface area contributed by atoms with Crippen molar-refractivity contribution < 1.29 is 14.4 Å². The van der Waals surface area contributed by atoms with Crippen LogP contribution in [0.3, 0.4) is 0 Å². The molecule has 0 aliphatic heterocycles. The molecule has 0 aromatic heterocycles. The molecule has 1 atom stereocenters. The van der Waals surface area contributed by atoms with Crippen LogP contribution in [0, 0.1) is 15.9 Å². The summed E-state index contributed by atoms with van der Waals surface area (Å²) >= 11 is 0. The lowest BCUT2D eigenvalue weighted by Crippen LogP contribution is -2.11. The number of halogens is 1. The van der Waals surface area contributed by atoms with Crippen molar-refractivity contribution in [3.05, 3.63) is 45.8 Å². The molecule has 0 amide bonds. The van der Waals surface area contributed by atoms with Crippen molar-refractivity contribution in [3.8, 4) is 5.75 Å². The fourth-order valence-corrected chi connectivity index (χ4v) is 1.51. The highest BCUT2D eigenvalue weighted by atomic mass is 19.1. The molecule has 0 bridgehead atoms. The quantitative estimate of drug-likeness (QED) is 0.480. The summed E-state index contributed by atoms with van der Waals surface area (Å²) < 4.78 is 13.2. The molecule has 17 heavy (non-hydrogen) atoms. The predicted molar refractivity (Wildman–Crippen MR) is 61.1 cm³/mol. The summed E-state index contributed by atoms with van der Waals surface area (Å²) in [5.41, 5.74) is 5.79. The lowest BCUT2D eigenvalue weighted by atomic mass is 9.99. The molecule has 5 nitrogen and oxygen atoms in total. The van der Waals surface area contributed by atoms with E-state index in [0.717, 1.165) is 11.6 Å². The Kier molecular flexibility index (Phi) is 3.80. The van der Waals surface area contributed by atoms with Crippen LogP contribution in [0.4, 0.5) is 10.1 Å². The summed E-state index contributed by atoms with van der Waals surface area (Å²) in [7, 11) is 0. The number of benzene rings is 1. The van der Waals surface area contributed by atoms with Gasteiger partial charge in [0, 0.05) is 11.6 Å². The Hall–Kier alpha value is -1.95. The Morgan fingerprint density at radius 2 is 2.29 bits per heavy atom. The van der Waals surface area contributed by atoms with Crippen LogP contribution in [0.1, 0.15) is 24.9 Å². The van der Waals surface area contributed by atoms with Crippen molar-refractivity contribution in [2.24, 2.45) is 5.73 Å². The van der Waals surface area contributed by atoms with E-state index in [1.54, 1.807) is 6.92 Å². The Morgan fingerprint density at radius 3 is 2.76 bits per heavy atom. The number of phenols is 1. The Bertz CT molecular complexity index is 474. The van der Waals surface area contributed by atoms with Crippen LogP contribution in [0.2, 0.25) is 0 Å². The van der Waals surface area contributed by atoms with Crippen LogP contribution in [-0.4, -0.2) is 10.0 Å². The number of rotatable bonds is 4. The Morgan fingerprint density at radius 1 is 1.71 bits per heavy atom. The van der Waals surface area contributed by atoms with Crippen molar-refractivity contribution >= 4 is 5.69 Å². The van der Waals surface area contributed by atoms with Gasteiger partial charge in [-0.25, -0.2) is 4.39 Å². The van der Waals surface area contributed by atoms with Gasteiger partial charge in [-0.3, -0.25) is 10.1 Å². The van der Waals surface area contributed by atoms with Crippen LogP contribution in [0.5, 0.6) is 5.75 Å². The zero-order valence-corrected chi connectivity index (χ0v) is 9.31. The van der Waals surface area contributed by atoms with E-state index in [4.69, 9.17) is 5.73 Å². The number of nitrogens with zero attached hydrogens (tertiary/aromatic N) is 1. The van der Waals surface area contributed by atoms with Crippen LogP contribution in [0.25, 0.3) is 0 Å². The number of aromatic hydroxyl groups is 1. The van der Waals surface area contributed by atoms with Gasteiger partial charge in [0.15, 0.2) is 5.75 Å². The first-order valence-electron chi connectivity index (χ1n) is 4.89. The summed E-state index contributed by atoms with van der Waals surface area (Å²) in [4.78, 5) is 9.74. The molecule has 1 rings (SSSR count).